The summed E-state index contributed by atoms with van der Waals surface area (Å²) in [5.74, 6) is 1.50. The monoisotopic (exact) mass is 410 g/mol. The van der Waals surface area contributed by atoms with Crippen LogP contribution in [-0.4, -0.2) is 10.7 Å². The summed E-state index contributed by atoms with van der Waals surface area (Å²) in [7, 11) is 0. The van der Waals surface area contributed by atoms with E-state index in [9.17, 15) is 5.11 Å². The molecular weight excluding hydrogens is 391 g/mol. The Morgan fingerprint density at radius 1 is 1.27 bits per heavy atom. The molecule has 0 aliphatic carbocycles. The van der Waals surface area contributed by atoms with Gasteiger partial charge in [-0.3, -0.25) is 0 Å². The molecule has 0 radical (unpaired) electrons. The van der Waals surface area contributed by atoms with E-state index in [2.05, 4.69) is 22.6 Å². The maximum Gasteiger partial charge on any atom is 0.136 e. The van der Waals surface area contributed by atoms with Crippen molar-refractivity contribution >= 4 is 22.6 Å². The molecule has 0 fully saturated rings. The van der Waals surface area contributed by atoms with Crippen LogP contribution in [0.5, 0.6) is 11.5 Å². The first kappa shape index (κ1) is 15.6. The highest BCUT2D eigenvalue weighted by molar-refractivity contribution is 14.1. The molecule has 0 spiro atoms. The van der Waals surface area contributed by atoms with Crippen molar-refractivity contribution in [3.8, 4) is 11.5 Å². The summed E-state index contributed by atoms with van der Waals surface area (Å²) >= 11 is 2.24. The zero-order valence-corrected chi connectivity index (χ0v) is 14.8. The van der Waals surface area contributed by atoms with E-state index >= 15 is 0 Å². The molecule has 0 amide bonds. The topological polar surface area (TPSA) is 38.7 Å². The van der Waals surface area contributed by atoms with Crippen LogP contribution in [0.2, 0.25) is 0 Å². The summed E-state index contributed by atoms with van der Waals surface area (Å²) in [6.45, 7) is 4.49. The van der Waals surface area contributed by atoms with Crippen LogP contribution in [0.3, 0.4) is 0 Å². The van der Waals surface area contributed by atoms with Crippen molar-refractivity contribution in [1.29, 1.82) is 0 Å². The number of fused-ring (bicyclic) bond motifs is 1. The quantitative estimate of drug-likeness (QED) is 0.760. The van der Waals surface area contributed by atoms with Crippen LogP contribution in [0.15, 0.2) is 42.5 Å². The van der Waals surface area contributed by atoms with Gasteiger partial charge in [0, 0.05) is 18.1 Å². The fourth-order valence-corrected chi connectivity index (χ4v) is 3.31. The summed E-state index contributed by atoms with van der Waals surface area (Å²) in [5.41, 5.74) is 1.60. The van der Waals surface area contributed by atoms with Gasteiger partial charge >= 0.3 is 0 Å². The minimum Gasteiger partial charge on any atom is -0.488 e. The van der Waals surface area contributed by atoms with Crippen molar-refractivity contribution in [2.24, 2.45) is 0 Å². The summed E-state index contributed by atoms with van der Waals surface area (Å²) in [5, 5.41) is 10.3. The number of aliphatic hydroxyl groups excluding tert-OH is 1. The van der Waals surface area contributed by atoms with Gasteiger partial charge in [0.25, 0.3) is 0 Å². The molecule has 1 aliphatic rings. The Balaban J connectivity index is 1.84. The van der Waals surface area contributed by atoms with E-state index in [1.165, 1.54) is 0 Å². The zero-order valence-electron chi connectivity index (χ0n) is 12.7. The van der Waals surface area contributed by atoms with Gasteiger partial charge < -0.3 is 14.6 Å². The first-order valence-corrected chi connectivity index (χ1v) is 8.40. The van der Waals surface area contributed by atoms with Crippen molar-refractivity contribution in [3.63, 3.8) is 0 Å². The van der Waals surface area contributed by atoms with E-state index in [4.69, 9.17) is 9.47 Å². The molecule has 2 aromatic rings. The van der Waals surface area contributed by atoms with Gasteiger partial charge in [-0.15, -0.1) is 0 Å². The van der Waals surface area contributed by atoms with Crippen LogP contribution in [0.25, 0.3) is 0 Å². The standard InChI is InChI=1S/C18H19IO3/c1-18(2)10-15(20)13-8-14(19)17(9-16(13)22-18)21-11-12-6-4-3-5-7-12/h3-9,15,20H,10-11H2,1-2H3. The molecule has 1 aliphatic heterocycles. The van der Waals surface area contributed by atoms with Gasteiger partial charge in [0.2, 0.25) is 0 Å². The summed E-state index contributed by atoms with van der Waals surface area (Å²) in [6, 6.07) is 13.9. The fourth-order valence-electron chi connectivity index (χ4n) is 2.66. The second-order valence-electron chi connectivity index (χ2n) is 6.18. The normalized spacial score (nSPS) is 19.2. The van der Waals surface area contributed by atoms with Gasteiger partial charge in [-0.2, -0.15) is 0 Å². The SMILES string of the molecule is CC1(C)CC(O)c2cc(I)c(OCc3ccccc3)cc2O1. The molecule has 1 atom stereocenters. The molecule has 4 heteroatoms. The maximum atomic E-state index is 10.3. The Labute approximate surface area is 144 Å². The second kappa shape index (κ2) is 6.08. The van der Waals surface area contributed by atoms with Crippen LogP contribution < -0.4 is 9.47 Å². The molecule has 3 nitrogen and oxygen atoms in total. The Bertz CT molecular complexity index is 668. The second-order valence-corrected chi connectivity index (χ2v) is 7.34. The van der Waals surface area contributed by atoms with Gasteiger partial charge in [-0.25, -0.2) is 0 Å². The summed E-state index contributed by atoms with van der Waals surface area (Å²) < 4.78 is 12.9. The van der Waals surface area contributed by atoms with Crippen LogP contribution in [0, 0.1) is 3.57 Å². The summed E-state index contributed by atoms with van der Waals surface area (Å²) in [4.78, 5) is 0. The Morgan fingerprint density at radius 2 is 2.00 bits per heavy atom. The highest BCUT2D eigenvalue weighted by Gasteiger charge is 2.33. The molecule has 0 bridgehead atoms. The highest BCUT2D eigenvalue weighted by Crippen LogP contribution is 2.42. The van der Waals surface area contributed by atoms with E-state index in [1.807, 2.05) is 56.3 Å². The lowest BCUT2D eigenvalue weighted by atomic mass is 9.92. The Hall–Kier alpha value is -1.27. The van der Waals surface area contributed by atoms with Crippen molar-refractivity contribution in [2.45, 2.75) is 38.6 Å². The fraction of sp³-hybridized carbons (Fsp3) is 0.333. The Morgan fingerprint density at radius 3 is 2.73 bits per heavy atom. The maximum absolute atomic E-state index is 10.3. The largest absolute Gasteiger partial charge is 0.488 e. The molecule has 1 heterocycles. The van der Waals surface area contributed by atoms with Gasteiger partial charge in [-0.05, 0) is 48.1 Å². The smallest absolute Gasteiger partial charge is 0.136 e. The first-order valence-electron chi connectivity index (χ1n) is 7.32. The number of rotatable bonds is 3. The van der Waals surface area contributed by atoms with Crippen molar-refractivity contribution in [3.05, 3.63) is 57.2 Å². The molecule has 1 unspecified atom stereocenters. The van der Waals surface area contributed by atoms with E-state index in [-0.39, 0.29) is 5.60 Å². The third-order valence-corrected chi connectivity index (χ3v) is 4.57. The number of halogens is 1. The van der Waals surface area contributed by atoms with Crippen LogP contribution in [-0.2, 0) is 6.61 Å². The van der Waals surface area contributed by atoms with Gasteiger partial charge in [0.05, 0.1) is 9.67 Å². The van der Waals surface area contributed by atoms with Gasteiger partial charge in [-0.1, -0.05) is 30.3 Å². The van der Waals surface area contributed by atoms with E-state index < -0.39 is 6.10 Å². The van der Waals surface area contributed by atoms with Gasteiger partial charge in [0.1, 0.15) is 23.7 Å². The molecular formula is C18H19IO3. The molecule has 0 aromatic heterocycles. The van der Waals surface area contributed by atoms with Crippen LogP contribution in [0.4, 0.5) is 0 Å². The molecule has 3 rings (SSSR count). The molecule has 22 heavy (non-hydrogen) atoms. The predicted molar refractivity (Wildman–Crippen MR) is 94.2 cm³/mol. The van der Waals surface area contributed by atoms with Crippen molar-refractivity contribution in [1.82, 2.24) is 0 Å². The minimum absolute atomic E-state index is 0.365. The number of hydrogen-bond acceptors (Lipinski definition) is 3. The molecule has 0 saturated heterocycles. The lowest BCUT2D eigenvalue weighted by Gasteiger charge is -2.35. The summed E-state index contributed by atoms with van der Waals surface area (Å²) in [6.07, 6.45) is 0.107. The van der Waals surface area contributed by atoms with Crippen molar-refractivity contribution in [2.75, 3.05) is 0 Å². The molecule has 1 N–H and O–H groups in total. The average Bonchev–Trinajstić information content (AvgIpc) is 2.46. The zero-order chi connectivity index (χ0) is 15.7. The number of aliphatic hydroxyl groups is 1. The number of hydrogen-bond donors (Lipinski definition) is 1. The predicted octanol–water partition coefficient (Wildman–Crippen LogP) is 4.46. The first-order chi connectivity index (χ1) is 10.4. The highest BCUT2D eigenvalue weighted by atomic mass is 127. The molecule has 2 aromatic carbocycles. The Kier molecular flexibility index (Phi) is 4.32. The van der Waals surface area contributed by atoms with Crippen LogP contribution in [0.1, 0.15) is 37.5 Å². The molecule has 116 valence electrons. The number of ether oxygens (including phenoxy) is 2. The average molecular weight is 410 g/mol. The van der Waals surface area contributed by atoms with E-state index in [0.717, 1.165) is 20.4 Å². The van der Waals surface area contributed by atoms with Crippen LogP contribution >= 0.6 is 22.6 Å². The third kappa shape index (κ3) is 3.38. The number of benzene rings is 2. The third-order valence-electron chi connectivity index (χ3n) is 3.73. The van der Waals surface area contributed by atoms with E-state index in [1.54, 1.807) is 0 Å². The molecule has 0 saturated carbocycles. The van der Waals surface area contributed by atoms with Gasteiger partial charge in [0.15, 0.2) is 0 Å². The lowest BCUT2D eigenvalue weighted by molar-refractivity contribution is 0.0112. The minimum atomic E-state index is -0.490. The van der Waals surface area contributed by atoms with Crippen molar-refractivity contribution < 1.29 is 14.6 Å². The van der Waals surface area contributed by atoms with E-state index in [0.29, 0.717) is 18.8 Å². The lowest BCUT2D eigenvalue weighted by Crippen LogP contribution is -2.34.